The van der Waals surface area contributed by atoms with Crippen LogP contribution < -0.4 is 19.2 Å². The fraction of sp³-hybridized carbons (Fsp3) is 0.250. The minimum Gasteiger partial charge on any atom is -0.325 e. The fourth-order valence-electron chi connectivity index (χ4n) is 4.96. The predicted molar refractivity (Wildman–Crippen MR) is 154 cm³/mol. The van der Waals surface area contributed by atoms with E-state index in [1.165, 1.54) is 23.3 Å². The maximum absolute atomic E-state index is 13.9. The van der Waals surface area contributed by atoms with Crippen molar-refractivity contribution in [3.63, 3.8) is 0 Å². The summed E-state index contributed by atoms with van der Waals surface area (Å²) in [4.78, 5) is 32.3. The van der Waals surface area contributed by atoms with Crippen molar-refractivity contribution in [1.82, 2.24) is 15.0 Å². The van der Waals surface area contributed by atoms with Gasteiger partial charge in [-0.3, -0.25) is 9.10 Å². The van der Waals surface area contributed by atoms with Crippen LogP contribution in [0.2, 0.25) is 0 Å². The molecule has 0 aliphatic carbocycles. The number of hydrogen-bond acceptors (Lipinski definition) is 6. The molecule has 2 atom stereocenters. The molecule has 1 aliphatic heterocycles. The van der Waals surface area contributed by atoms with E-state index in [1.807, 2.05) is 16.9 Å². The van der Waals surface area contributed by atoms with Gasteiger partial charge in [0, 0.05) is 31.3 Å². The van der Waals surface area contributed by atoms with E-state index in [9.17, 15) is 26.8 Å². The Kier molecular flexibility index (Phi) is 7.91. The molecule has 0 bridgehead atoms. The Bertz CT molecular complexity index is 1710. The topological polar surface area (TPSA) is 112 Å². The third-order valence-corrected chi connectivity index (χ3v) is 9.27. The van der Waals surface area contributed by atoms with Crippen molar-refractivity contribution in [2.75, 3.05) is 16.3 Å². The molecule has 2 N–H and O–H groups in total. The molecule has 13 heteroatoms. The number of hydrogen-bond donors (Lipinski definition) is 2. The molecule has 0 fully saturated rings. The normalized spacial score (nSPS) is 15.7. The summed E-state index contributed by atoms with van der Waals surface area (Å²) in [5, 5.41) is 2.42. The Morgan fingerprint density at radius 3 is 2.61 bits per heavy atom. The predicted octanol–water partition coefficient (Wildman–Crippen LogP) is 4.53. The van der Waals surface area contributed by atoms with E-state index in [4.69, 9.17) is 0 Å². The first-order chi connectivity index (χ1) is 19.5. The number of carbonyl (C=O) groups is 2. The van der Waals surface area contributed by atoms with Crippen LogP contribution in [0.1, 0.15) is 24.5 Å². The number of urea groups is 1. The zero-order valence-corrected chi connectivity index (χ0v) is 23.8. The summed E-state index contributed by atoms with van der Waals surface area (Å²) >= 11 is 1.44. The molecule has 9 nitrogen and oxygen atoms in total. The molecule has 5 rings (SSSR count). The summed E-state index contributed by atoms with van der Waals surface area (Å²) in [6.45, 7) is 1.74. The van der Waals surface area contributed by atoms with Gasteiger partial charge in [-0.25, -0.2) is 23.3 Å². The van der Waals surface area contributed by atoms with Gasteiger partial charge in [0.2, 0.25) is 5.91 Å². The van der Waals surface area contributed by atoms with Crippen molar-refractivity contribution in [3.05, 3.63) is 88.9 Å². The van der Waals surface area contributed by atoms with E-state index >= 15 is 0 Å². The van der Waals surface area contributed by atoms with Crippen LogP contribution in [-0.4, -0.2) is 44.5 Å². The lowest BCUT2D eigenvalue weighted by Gasteiger charge is -2.35. The van der Waals surface area contributed by atoms with Crippen LogP contribution in [-0.2, 0) is 27.8 Å². The third-order valence-electron chi connectivity index (χ3n) is 6.94. The first-order valence-corrected chi connectivity index (χ1v) is 15.1. The quantitative estimate of drug-likeness (QED) is 0.324. The van der Waals surface area contributed by atoms with Gasteiger partial charge in [0.15, 0.2) is 0 Å². The van der Waals surface area contributed by atoms with Crippen molar-refractivity contribution in [3.8, 4) is 0 Å². The largest absolute Gasteiger partial charge is 0.330 e. The van der Waals surface area contributed by atoms with Crippen LogP contribution in [0, 0.1) is 11.6 Å². The number of fused-ring (bicyclic) bond motifs is 2. The second-order valence-corrected chi connectivity index (χ2v) is 12.3. The van der Waals surface area contributed by atoms with Crippen LogP contribution in [0.25, 0.3) is 10.2 Å². The number of amides is 3. The van der Waals surface area contributed by atoms with Crippen molar-refractivity contribution in [1.29, 1.82) is 0 Å². The van der Waals surface area contributed by atoms with E-state index in [0.717, 1.165) is 26.7 Å². The molecule has 4 aromatic rings. The van der Waals surface area contributed by atoms with Crippen molar-refractivity contribution in [2.45, 2.75) is 38.3 Å². The van der Waals surface area contributed by atoms with Gasteiger partial charge in [0.05, 0.1) is 21.4 Å². The highest BCUT2D eigenvalue weighted by atomic mass is 32.2. The number of nitrogens with zero attached hydrogens (tertiary/aromatic N) is 3. The molecule has 3 aromatic carbocycles. The van der Waals surface area contributed by atoms with Gasteiger partial charge in [-0.2, -0.15) is 8.42 Å². The number of carbonyl (C=O) groups excluding carboxylic acids is 2. The number of nitrogens with one attached hydrogen (secondary N) is 2. The lowest BCUT2D eigenvalue weighted by atomic mass is 9.99. The number of para-hydroxylation sites is 1. The van der Waals surface area contributed by atoms with Crippen LogP contribution in [0.3, 0.4) is 0 Å². The van der Waals surface area contributed by atoms with Crippen LogP contribution in [0.5, 0.6) is 0 Å². The van der Waals surface area contributed by atoms with E-state index in [2.05, 4.69) is 10.3 Å². The Labute approximate surface area is 240 Å². The molecule has 0 spiro atoms. The Balaban J connectivity index is 1.40. The smallest absolute Gasteiger partial charge is 0.325 e. The molecule has 3 amide bonds. The van der Waals surface area contributed by atoms with Crippen molar-refractivity contribution >= 4 is 55.1 Å². The molecular weight excluding hydrogens is 572 g/mol. The van der Waals surface area contributed by atoms with Gasteiger partial charge < -0.3 is 10.2 Å². The molecule has 1 aliphatic rings. The summed E-state index contributed by atoms with van der Waals surface area (Å²) in [6.07, 6.45) is 0.947. The van der Waals surface area contributed by atoms with Crippen LogP contribution in [0.4, 0.5) is 25.0 Å². The maximum atomic E-state index is 13.9. The fourth-order valence-corrected chi connectivity index (χ4v) is 7.02. The molecule has 41 heavy (non-hydrogen) atoms. The molecule has 2 heterocycles. The monoisotopic (exact) mass is 599 g/mol. The molecule has 0 saturated heterocycles. The molecule has 0 saturated carbocycles. The minimum atomic E-state index is -4.37. The van der Waals surface area contributed by atoms with Crippen molar-refractivity contribution < 1.29 is 26.8 Å². The first-order valence-electron chi connectivity index (χ1n) is 12.8. The molecule has 1 aromatic heterocycles. The average molecular weight is 600 g/mol. The highest BCUT2D eigenvalue weighted by Crippen LogP contribution is 2.32. The zero-order chi connectivity index (χ0) is 29.3. The lowest BCUT2D eigenvalue weighted by Crippen LogP contribution is -2.56. The second kappa shape index (κ2) is 11.4. The number of rotatable bonds is 7. The van der Waals surface area contributed by atoms with Gasteiger partial charge in [-0.05, 0) is 67.3 Å². The Hall–Kier alpha value is -4.10. The number of anilines is 2. The van der Waals surface area contributed by atoms with E-state index in [1.54, 1.807) is 42.8 Å². The second-order valence-electron chi connectivity index (χ2n) is 9.83. The number of thiazole rings is 1. The van der Waals surface area contributed by atoms with Gasteiger partial charge in [0.1, 0.15) is 17.7 Å². The van der Waals surface area contributed by atoms with Crippen LogP contribution in [0.15, 0.2) is 66.2 Å². The third kappa shape index (κ3) is 6.15. The highest BCUT2D eigenvalue weighted by Gasteiger charge is 2.35. The molecule has 0 unspecified atom stereocenters. The van der Waals surface area contributed by atoms with E-state index in [0.29, 0.717) is 35.8 Å². The highest BCUT2D eigenvalue weighted by molar-refractivity contribution is 7.91. The number of halogens is 2. The standard InChI is InChI=1S/C28H27F2N5O4S2/c1-17-7-8-19-5-3-4-6-25(19)35(17)41(38,39)33-28(37)32-24(13-18-11-20(29)14-21(30)12-18)27(36)34(2)22-9-10-26-23(15-22)31-16-40-26/h3-6,9-12,14-17,24H,7-8,13H2,1-2H3,(H2,32,33,37)/t17-,24+/m1/s1. The number of aryl methyl sites for hydroxylation is 1. The first kappa shape index (κ1) is 28.4. The molecule has 0 radical (unpaired) electrons. The van der Waals surface area contributed by atoms with E-state index in [-0.39, 0.29) is 12.0 Å². The van der Waals surface area contributed by atoms with Gasteiger partial charge in [0.25, 0.3) is 0 Å². The Morgan fingerprint density at radius 1 is 1.12 bits per heavy atom. The van der Waals surface area contributed by atoms with Gasteiger partial charge >= 0.3 is 16.2 Å². The number of likely N-dealkylation sites (N-methyl/N-ethyl adjacent to an activating group) is 1. The van der Waals surface area contributed by atoms with Gasteiger partial charge in [-0.1, -0.05) is 18.2 Å². The average Bonchev–Trinajstić information content (AvgIpc) is 3.39. The van der Waals surface area contributed by atoms with Crippen LogP contribution >= 0.6 is 11.3 Å². The summed E-state index contributed by atoms with van der Waals surface area (Å²) in [5.41, 5.74) is 4.21. The van der Waals surface area contributed by atoms with Gasteiger partial charge in [-0.15, -0.1) is 11.3 Å². The molecular formula is C28H27F2N5O4S2. The molecule has 214 valence electrons. The minimum absolute atomic E-state index is 0.103. The Morgan fingerprint density at radius 2 is 1.85 bits per heavy atom. The SMILES string of the molecule is C[C@@H]1CCc2ccccc2N1S(=O)(=O)NC(=O)N[C@@H](Cc1cc(F)cc(F)c1)C(=O)N(C)c1ccc2scnc2c1. The lowest BCUT2D eigenvalue weighted by molar-refractivity contribution is -0.120. The van der Waals surface area contributed by atoms with E-state index < -0.39 is 45.9 Å². The summed E-state index contributed by atoms with van der Waals surface area (Å²) in [6, 6.07) is 12.1. The number of benzene rings is 3. The number of aromatic nitrogens is 1. The maximum Gasteiger partial charge on any atom is 0.330 e. The summed E-state index contributed by atoms with van der Waals surface area (Å²) in [7, 11) is -2.89. The summed E-state index contributed by atoms with van der Waals surface area (Å²) in [5.74, 6) is -2.33. The zero-order valence-electron chi connectivity index (χ0n) is 22.2. The summed E-state index contributed by atoms with van der Waals surface area (Å²) < 4.78 is 58.7. The van der Waals surface area contributed by atoms with Crippen molar-refractivity contribution in [2.24, 2.45) is 0 Å².